The molecule has 8 heteroatoms. The molecule has 0 unspecified atom stereocenters. The van der Waals surface area contributed by atoms with Gasteiger partial charge >= 0.3 is 12.1 Å². The summed E-state index contributed by atoms with van der Waals surface area (Å²) in [6.45, 7) is 12.5. The molecule has 2 amide bonds. The number of anilines is 1. The number of benzene rings is 1. The predicted molar refractivity (Wildman–Crippen MR) is 136 cm³/mol. The van der Waals surface area contributed by atoms with E-state index in [9.17, 15) is 14.4 Å². The van der Waals surface area contributed by atoms with Crippen molar-refractivity contribution < 1.29 is 28.6 Å². The number of rotatable bonds is 11. The Morgan fingerprint density at radius 1 is 1.09 bits per heavy atom. The highest BCUT2D eigenvalue weighted by Crippen LogP contribution is 2.29. The van der Waals surface area contributed by atoms with Gasteiger partial charge in [0, 0.05) is 17.8 Å². The SMILES string of the molecule is CCCCOC(=O)c1cc(NC(=O)[C@H]2CCC[C@@H]2NC(=O)OC(C)(C)C)cc(OCCC(C)C)c1. The maximum atomic E-state index is 13.1. The Balaban J connectivity index is 2.13. The summed E-state index contributed by atoms with van der Waals surface area (Å²) in [5.74, 6) is -0.0799. The molecular formula is C27H42N2O6. The average Bonchev–Trinajstić information content (AvgIpc) is 3.20. The summed E-state index contributed by atoms with van der Waals surface area (Å²) in [5, 5.41) is 5.76. The highest BCUT2D eigenvalue weighted by Gasteiger charge is 2.35. The number of esters is 1. The first kappa shape index (κ1) is 28.5. The highest BCUT2D eigenvalue weighted by atomic mass is 16.6. The van der Waals surface area contributed by atoms with Crippen LogP contribution in [0.25, 0.3) is 0 Å². The molecular weight excluding hydrogens is 448 g/mol. The highest BCUT2D eigenvalue weighted by molar-refractivity contribution is 5.96. The summed E-state index contributed by atoms with van der Waals surface area (Å²) in [5.41, 5.74) is 0.175. The summed E-state index contributed by atoms with van der Waals surface area (Å²) in [6, 6.07) is 4.65. The number of nitrogens with one attached hydrogen (secondary N) is 2. The number of ether oxygens (including phenoxy) is 3. The van der Waals surface area contributed by atoms with Crippen molar-refractivity contribution in [2.75, 3.05) is 18.5 Å². The van der Waals surface area contributed by atoms with Crippen LogP contribution in [0, 0.1) is 11.8 Å². The fraction of sp³-hybridized carbons (Fsp3) is 0.667. The molecule has 2 N–H and O–H groups in total. The van der Waals surface area contributed by atoms with Gasteiger partial charge in [0.1, 0.15) is 11.4 Å². The van der Waals surface area contributed by atoms with E-state index in [1.807, 2.05) is 6.92 Å². The van der Waals surface area contributed by atoms with E-state index in [0.29, 0.717) is 49.0 Å². The summed E-state index contributed by atoms with van der Waals surface area (Å²) in [6.07, 6.45) is 4.23. The molecule has 1 fully saturated rings. The van der Waals surface area contributed by atoms with Crippen LogP contribution in [0.2, 0.25) is 0 Å². The Hall–Kier alpha value is -2.77. The van der Waals surface area contributed by atoms with Crippen molar-refractivity contribution in [3.8, 4) is 5.75 Å². The Kier molecular flexibility index (Phi) is 10.9. The number of unbranched alkanes of at least 4 members (excludes halogenated alkanes) is 1. The van der Waals surface area contributed by atoms with Gasteiger partial charge in [-0.05, 0) is 64.5 Å². The molecule has 0 radical (unpaired) electrons. The molecule has 1 aromatic rings. The van der Waals surface area contributed by atoms with Crippen molar-refractivity contribution >= 4 is 23.7 Å². The molecule has 35 heavy (non-hydrogen) atoms. The normalized spacial score (nSPS) is 17.7. The number of carbonyl (C=O) groups excluding carboxylic acids is 3. The molecule has 1 aliphatic carbocycles. The number of amides is 2. The molecule has 0 bridgehead atoms. The number of hydrogen-bond acceptors (Lipinski definition) is 6. The second kappa shape index (κ2) is 13.4. The Morgan fingerprint density at radius 3 is 2.49 bits per heavy atom. The molecule has 2 rings (SSSR count). The van der Waals surface area contributed by atoms with Crippen LogP contribution in [0.1, 0.15) is 90.4 Å². The average molecular weight is 491 g/mol. The Labute approximate surface area is 209 Å². The van der Waals surface area contributed by atoms with Crippen LogP contribution in [0.15, 0.2) is 18.2 Å². The van der Waals surface area contributed by atoms with E-state index in [2.05, 4.69) is 24.5 Å². The van der Waals surface area contributed by atoms with Gasteiger partial charge in [-0.15, -0.1) is 0 Å². The van der Waals surface area contributed by atoms with Crippen LogP contribution in [0.5, 0.6) is 5.75 Å². The molecule has 1 aromatic carbocycles. The number of carbonyl (C=O) groups is 3. The van der Waals surface area contributed by atoms with Gasteiger partial charge in [-0.25, -0.2) is 9.59 Å². The summed E-state index contributed by atoms with van der Waals surface area (Å²) < 4.78 is 16.6. The molecule has 1 saturated carbocycles. The summed E-state index contributed by atoms with van der Waals surface area (Å²) in [7, 11) is 0. The first-order valence-corrected chi connectivity index (χ1v) is 12.7. The van der Waals surface area contributed by atoms with E-state index in [-0.39, 0.29) is 11.9 Å². The Bertz CT molecular complexity index is 862. The van der Waals surface area contributed by atoms with Crippen molar-refractivity contribution in [3.05, 3.63) is 23.8 Å². The molecule has 8 nitrogen and oxygen atoms in total. The van der Waals surface area contributed by atoms with E-state index >= 15 is 0 Å². The van der Waals surface area contributed by atoms with E-state index in [4.69, 9.17) is 14.2 Å². The molecule has 0 aliphatic heterocycles. The first-order chi connectivity index (χ1) is 16.5. The minimum Gasteiger partial charge on any atom is -0.493 e. The van der Waals surface area contributed by atoms with Crippen LogP contribution in [0.4, 0.5) is 10.5 Å². The zero-order valence-corrected chi connectivity index (χ0v) is 22.1. The largest absolute Gasteiger partial charge is 0.493 e. The van der Waals surface area contributed by atoms with Gasteiger partial charge in [0.05, 0.1) is 24.7 Å². The van der Waals surface area contributed by atoms with Crippen molar-refractivity contribution in [2.24, 2.45) is 11.8 Å². The number of alkyl carbamates (subject to hydrolysis) is 1. The first-order valence-electron chi connectivity index (χ1n) is 12.7. The van der Waals surface area contributed by atoms with E-state index in [1.54, 1.807) is 39.0 Å². The number of hydrogen-bond donors (Lipinski definition) is 2. The Morgan fingerprint density at radius 2 is 1.83 bits per heavy atom. The van der Waals surface area contributed by atoms with Gasteiger partial charge in [0.2, 0.25) is 5.91 Å². The van der Waals surface area contributed by atoms with Crippen LogP contribution in [-0.2, 0) is 14.3 Å². The summed E-state index contributed by atoms with van der Waals surface area (Å²) in [4.78, 5) is 38.0. The third kappa shape index (κ3) is 10.2. The third-order valence-electron chi connectivity index (χ3n) is 5.66. The lowest BCUT2D eigenvalue weighted by molar-refractivity contribution is -0.120. The van der Waals surface area contributed by atoms with Crippen LogP contribution >= 0.6 is 0 Å². The third-order valence-corrected chi connectivity index (χ3v) is 5.66. The molecule has 0 heterocycles. The fourth-order valence-corrected chi connectivity index (χ4v) is 3.82. The van der Waals surface area contributed by atoms with Crippen LogP contribution < -0.4 is 15.4 Å². The molecule has 0 spiro atoms. The topological polar surface area (TPSA) is 103 Å². The van der Waals surface area contributed by atoms with Crippen molar-refractivity contribution in [1.82, 2.24) is 5.32 Å². The second-order valence-corrected chi connectivity index (χ2v) is 10.5. The van der Waals surface area contributed by atoms with E-state index in [1.165, 1.54) is 0 Å². The van der Waals surface area contributed by atoms with Gasteiger partial charge in [-0.3, -0.25) is 4.79 Å². The van der Waals surface area contributed by atoms with Crippen molar-refractivity contribution in [3.63, 3.8) is 0 Å². The second-order valence-electron chi connectivity index (χ2n) is 10.5. The van der Waals surface area contributed by atoms with Gasteiger partial charge < -0.3 is 24.8 Å². The quantitative estimate of drug-likeness (QED) is 0.305. The van der Waals surface area contributed by atoms with Crippen LogP contribution in [0.3, 0.4) is 0 Å². The molecule has 0 aromatic heterocycles. The lowest BCUT2D eigenvalue weighted by Gasteiger charge is -2.24. The predicted octanol–water partition coefficient (Wildman–Crippen LogP) is 5.70. The summed E-state index contributed by atoms with van der Waals surface area (Å²) >= 11 is 0. The lowest BCUT2D eigenvalue weighted by atomic mass is 10.0. The smallest absolute Gasteiger partial charge is 0.407 e. The van der Waals surface area contributed by atoms with E-state index in [0.717, 1.165) is 25.7 Å². The molecule has 2 atom stereocenters. The van der Waals surface area contributed by atoms with Gasteiger partial charge in [-0.2, -0.15) is 0 Å². The molecule has 1 aliphatic rings. The molecule has 0 saturated heterocycles. The molecule has 196 valence electrons. The monoisotopic (exact) mass is 490 g/mol. The van der Waals surface area contributed by atoms with Crippen molar-refractivity contribution in [1.29, 1.82) is 0 Å². The lowest BCUT2D eigenvalue weighted by Crippen LogP contribution is -2.44. The van der Waals surface area contributed by atoms with Gasteiger partial charge in [0.15, 0.2) is 0 Å². The van der Waals surface area contributed by atoms with E-state index < -0.39 is 23.6 Å². The van der Waals surface area contributed by atoms with Crippen molar-refractivity contribution in [2.45, 2.75) is 91.7 Å². The minimum atomic E-state index is -0.613. The maximum absolute atomic E-state index is 13.1. The van der Waals surface area contributed by atoms with Crippen LogP contribution in [-0.4, -0.2) is 42.8 Å². The van der Waals surface area contributed by atoms with Gasteiger partial charge in [-0.1, -0.05) is 33.6 Å². The fourth-order valence-electron chi connectivity index (χ4n) is 3.82. The standard InChI is InChI=1S/C27H42N2O6/c1-7-8-13-34-25(31)19-15-20(17-21(16-19)33-14-12-18(2)3)28-24(30)22-10-9-11-23(22)29-26(32)35-27(4,5)6/h15-18,22-23H,7-14H2,1-6H3,(H,28,30)(H,29,32)/t22-,23-/m0/s1. The minimum absolute atomic E-state index is 0.215. The maximum Gasteiger partial charge on any atom is 0.407 e. The van der Waals surface area contributed by atoms with Gasteiger partial charge in [0.25, 0.3) is 0 Å². The zero-order valence-electron chi connectivity index (χ0n) is 22.1. The zero-order chi connectivity index (χ0) is 26.0.